The van der Waals surface area contributed by atoms with Crippen molar-refractivity contribution in [2.24, 2.45) is 0 Å². The van der Waals surface area contributed by atoms with E-state index in [0.29, 0.717) is 11.5 Å². The number of ether oxygens (including phenoxy) is 2. The molecule has 2 fully saturated rings. The molecule has 2 aliphatic rings. The molecule has 3 unspecified atom stereocenters. The topological polar surface area (TPSA) is 148 Å². The van der Waals surface area contributed by atoms with Crippen molar-refractivity contribution in [2.75, 3.05) is 23.9 Å². The van der Waals surface area contributed by atoms with Crippen LogP contribution in [0.15, 0.2) is 30.3 Å². The molecule has 2 aliphatic heterocycles. The van der Waals surface area contributed by atoms with E-state index in [1.807, 2.05) is 18.2 Å². The van der Waals surface area contributed by atoms with Crippen LogP contribution in [0.2, 0.25) is 0 Å². The standard InChI is InChI=1S/C16H22O9S2/c17-11-7-26(8-12(18)15(11)19)9-14-13(25-27(20,21)22)6-23-16(24-14)10-4-2-1-3-5-10/h1-5,11-19H,6-9H2/p+1/t11-,12-,13-,14+,15?,16?,26?/m1/s1. The van der Waals surface area contributed by atoms with Gasteiger partial charge in [0.15, 0.2) is 18.1 Å². The normalized spacial score (nSPS) is 37.9. The fourth-order valence-corrected chi connectivity index (χ4v) is 6.18. The molecular weight excluding hydrogens is 400 g/mol. The van der Waals surface area contributed by atoms with E-state index in [9.17, 15) is 23.2 Å². The highest BCUT2D eigenvalue weighted by molar-refractivity contribution is 7.97. The Bertz CT molecular complexity index is 702. The number of aliphatic hydroxyl groups is 2. The molecule has 0 aromatic heterocycles. The van der Waals surface area contributed by atoms with Gasteiger partial charge in [-0.2, -0.15) is 0 Å². The summed E-state index contributed by atoms with van der Waals surface area (Å²) in [7, 11) is -5.44. The van der Waals surface area contributed by atoms with Gasteiger partial charge in [0.05, 0.1) is 6.61 Å². The zero-order valence-electron chi connectivity index (χ0n) is 14.3. The lowest BCUT2D eigenvalue weighted by atomic mass is 10.1. The van der Waals surface area contributed by atoms with Gasteiger partial charge in [0.2, 0.25) is 16.5 Å². The molecule has 0 radical (unpaired) electrons. The Kier molecular flexibility index (Phi) is 6.77. The second-order valence-electron chi connectivity index (χ2n) is 6.57. The highest BCUT2D eigenvalue weighted by Crippen LogP contribution is 2.30. The van der Waals surface area contributed by atoms with Gasteiger partial charge < -0.3 is 29.3 Å². The van der Waals surface area contributed by atoms with Gasteiger partial charge in [-0.15, -0.1) is 0 Å². The number of hydrogen-bond acceptors (Lipinski definition) is 8. The van der Waals surface area contributed by atoms with Crippen molar-refractivity contribution in [3.63, 3.8) is 0 Å². The average Bonchev–Trinajstić information content (AvgIpc) is 2.60. The van der Waals surface area contributed by atoms with Gasteiger partial charge in [-0.25, -0.2) is 8.42 Å². The van der Waals surface area contributed by atoms with Crippen molar-refractivity contribution in [1.82, 2.24) is 0 Å². The van der Waals surface area contributed by atoms with E-state index < -0.39 is 58.1 Å². The Morgan fingerprint density at radius 3 is 2.59 bits per heavy atom. The lowest BCUT2D eigenvalue weighted by Gasteiger charge is -2.36. The number of hydrogen-bond donors (Lipinski definition) is 2. The van der Waals surface area contributed by atoms with Crippen molar-refractivity contribution in [1.29, 1.82) is 0 Å². The monoisotopic (exact) mass is 423 g/mol. The molecule has 0 aliphatic carbocycles. The summed E-state index contributed by atoms with van der Waals surface area (Å²) in [6.07, 6.45) is -5.54. The molecule has 0 bridgehead atoms. The Hall–Kier alpha value is -0.760. The molecule has 7 atom stereocenters. The Morgan fingerprint density at radius 2 is 1.96 bits per heavy atom. The number of benzene rings is 1. The summed E-state index contributed by atoms with van der Waals surface area (Å²) < 4.78 is 49.2. The molecule has 0 amide bonds. The molecule has 11 heteroatoms. The summed E-state index contributed by atoms with van der Waals surface area (Å²) in [5.41, 5.74) is 0.742. The second kappa shape index (κ2) is 8.72. The fourth-order valence-electron chi connectivity index (χ4n) is 3.15. The van der Waals surface area contributed by atoms with Crippen LogP contribution in [0, 0.1) is 0 Å². The fraction of sp³-hybridized carbons (Fsp3) is 0.625. The largest absolute Gasteiger partial charge is 0.726 e. The lowest BCUT2D eigenvalue weighted by molar-refractivity contribution is -0.245. The maximum atomic E-state index is 11.0. The molecule has 152 valence electrons. The molecule has 9 nitrogen and oxygen atoms in total. The maximum Gasteiger partial charge on any atom is 0.228 e. The molecular formula is C16H23O9S2+. The summed E-state index contributed by atoms with van der Waals surface area (Å²) in [6, 6.07) is 9.07. The van der Waals surface area contributed by atoms with Crippen LogP contribution in [0.25, 0.3) is 0 Å². The zero-order chi connectivity index (χ0) is 19.6. The Balaban J connectivity index is 1.73. The van der Waals surface area contributed by atoms with Crippen LogP contribution in [0.5, 0.6) is 0 Å². The average molecular weight is 423 g/mol. The minimum atomic E-state index is -4.94. The van der Waals surface area contributed by atoms with Crippen LogP contribution in [0.4, 0.5) is 0 Å². The van der Waals surface area contributed by atoms with Gasteiger partial charge in [0.1, 0.15) is 29.8 Å². The minimum absolute atomic E-state index is 0.140. The first kappa shape index (κ1) is 21.0. The second-order valence-corrected chi connectivity index (χ2v) is 9.80. The van der Waals surface area contributed by atoms with E-state index in [1.54, 1.807) is 12.1 Å². The van der Waals surface area contributed by atoms with E-state index in [0.717, 1.165) is 5.56 Å². The first-order chi connectivity index (χ1) is 12.7. The molecule has 2 heterocycles. The SMILES string of the molecule is O=S(=O)([O-])O[C@@H]1COC(c2ccccc2)O[C@H]1C[S+]1C[C@@H](O)C(O)[C@H]([OH2+])C1. The molecule has 0 spiro atoms. The maximum absolute atomic E-state index is 11.0. The summed E-state index contributed by atoms with van der Waals surface area (Å²) in [4.78, 5) is 0. The highest BCUT2D eigenvalue weighted by Gasteiger charge is 2.47. The quantitative estimate of drug-likeness (QED) is 0.327. The smallest absolute Gasteiger partial charge is 0.228 e. The van der Waals surface area contributed by atoms with E-state index in [-0.39, 0.29) is 12.4 Å². The molecule has 1 aromatic carbocycles. The van der Waals surface area contributed by atoms with Crippen molar-refractivity contribution in [3.8, 4) is 0 Å². The van der Waals surface area contributed by atoms with Crippen LogP contribution in [0.3, 0.4) is 0 Å². The molecule has 3 rings (SSSR count). The van der Waals surface area contributed by atoms with Gasteiger partial charge in [-0.3, -0.25) is 4.18 Å². The zero-order valence-corrected chi connectivity index (χ0v) is 16.0. The lowest BCUT2D eigenvalue weighted by Crippen LogP contribution is -2.54. The third-order valence-corrected chi connectivity index (χ3v) is 7.39. The van der Waals surface area contributed by atoms with Crippen LogP contribution >= 0.6 is 0 Å². The first-order valence-corrected chi connectivity index (χ1v) is 11.5. The number of aliphatic hydroxyl groups excluding tert-OH is 2. The number of rotatable bonds is 5. The summed E-state index contributed by atoms with van der Waals surface area (Å²) in [6.45, 7) is -0.140. The summed E-state index contributed by atoms with van der Waals surface area (Å²) in [5.74, 6) is 0.932. The van der Waals surface area contributed by atoms with Crippen LogP contribution in [-0.2, 0) is 35.0 Å². The highest BCUT2D eigenvalue weighted by atomic mass is 32.3. The molecule has 27 heavy (non-hydrogen) atoms. The van der Waals surface area contributed by atoms with Crippen molar-refractivity contribution in [3.05, 3.63) is 35.9 Å². The minimum Gasteiger partial charge on any atom is -0.726 e. The third-order valence-electron chi connectivity index (χ3n) is 4.47. The van der Waals surface area contributed by atoms with Crippen molar-refractivity contribution >= 4 is 21.3 Å². The summed E-state index contributed by atoms with van der Waals surface area (Å²) in [5, 5.41) is 27.5. The predicted octanol–water partition coefficient (Wildman–Crippen LogP) is -1.61. The molecule has 4 N–H and O–H groups in total. The van der Waals surface area contributed by atoms with E-state index in [4.69, 9.17) is 14.6 Å². The van der Waals surface area contributed by atoms with E-state index in [1.165, 1.54) is 0 Å². The van der Waals surface area contributed by atoms with E-state index >= 15 is 0 Å². The first-order valence-electron chi connectivity index (χ1n) is 8.40. The van der Waals surface area contributed by atoms with E-state index in [2.05, 4.69) is 4.18 Å². The third kappa shape index (κ3) is 5.62. The molecule has 2 saturated heterocycles. The Labute approximate surface area is 160 Å². The van der Waals surface area contributed by atoms with Crippen molar-refractivity contribution in [2.45, 2.75) is 36.8 Å². The van der Waals surface area contributed by atoms with Crippen molar-refractivity contribution < 1.29 is 41.9 Å². The molecule has 0 saturated carbocycles. The van der Waals surface area contributed by atoms with Gasteiger partial charge in [0, 0.05) is 16.5 Å². The van der Waals surface area contributed by atoms with Gasteiger partial charge in [0.25, 0.3) is 0 Å². The van der Waals surface area contributed by atoms with Gasteiger partial charge in [-0.1, -0.05) is 30.3 Å². The molecule has 1 aromatic rings. The van der Waals surface area contributed by atoms with Crippen LogP contribution < -0.4 is 0 Å². The van der Waals surface area contributed by atoms with Gasteiger partial charge in [-0.05, 0) is 0 Å². The van der Waals surface area contributed by atoms with Gasteiger partial charge >= 0.3 is 0 Å². The van der Waals surface area contributed by atoms with Crippen LogP contribution in [-0.4, -0.2) is 82.7 Å². The predicted molar refractivity (Wildman–Crippen MR) is 96.0 cm³/mol. The Morgan fingerprint density at radius 1 is 1.26 bits per heavy atom. The van der Waals surface area contributed by atoms with Crippen LogP contribution in [0.1, 0.15) is 11.9 Å². The summed E-state index contributed by atoms with van der Waals surface area (Å²) >= 11 is 0.